The molecule has 0 aliphatic carbocycles. The number of nitrogens with zero attached hydrogens (tertiary/aromatic N) is 2. The number of carbonyl (C=O) groups excluding carboxylic acids is 5. The second-order valence-corrected chi connectivity index (χ2v) is 11.3. The lowest BCUT2D eigenvalue weighted by atomic mass is 10.0. The molecule has 1 aromatic carbocycles. The minimum absolute atomic E-state index is 0.0743. The second kappa shape index (κ2) is 16.7. The molecule has 0 unspecified atom stereocenters. The minimum atomic E-state index is -1.61. The summed E-state index contributed by atoms with van der Waals surface area (Å²) in [7, 11) is 0. The van der Waals surface area contributed by atoms with Crippen molar-refractivity contribution < 1.29 is 59.1 Å². The summed E-state index contributed by atoms with van der Waals surface area (Å²) in [6.45, 7) is -1.59. The van der Waals surface area contributed by atoms with E-state index >= 15 is 0 Å². The SMILES string of the molecule is N[C@@H](CC(=O)O)C(=O)N1CCC[C@H]1C(=O)N[C@@H](CO)C(=O)N[C@@H](Cc1ccc(O)cc1)C(=O)N[C@@H](CO)C(=O)N1CCC[C@H]1C(=O)O. The fraction of sp³-hybridized carbons (Fsp3) is 0.552. The number of rotatable bonds is 15. The maximum Gasteiger partial charge on any atom is 0.326 e. The molecule has 2 aliphatic heterocycles. The van der Waals surface area contributed by atoms with Crippen LogP contribution in [0.15, 0.2) is 24.3 Å². The van der Waals surface area contributed by atoms with Gasteiger partial charge >= 0.3 is 11.9 Å². The molecule has 0 spiro atoms. The largest absolute Gasteiger partial charge is 0.508 e. The Morgan fingerprint density at radius 2 is 1.30 bits per heavy atom. The Hall–Kier alpha value is -4.81. The number of phenolic OH excluding ortho intramolecular Hbond substituents is 1. The standard InChI is InChI=1S/C29H40N6O12/c30-17(12-23(39)40)27(44)34-9-1-3-21(34)26(43)32-19(13-36)25(42)31-18(11-15-5-7-16(38)8-6-15)24(41)33-20(14-37)28(45)35-10-2-4-22(35)29(46)47/h5-8,17-22,36-38H,1-4,9-14,30H2,(H,31,42)(H,32,43)(H,33,41)(H,39,40)(H,46,47)/t17-,18-,19-,20-,21-,22-/m0/s1. The Labute approximate surface area is 268 Å². The maximum absolute atomic E-state index is 13.4. The van der Waals surface area contributed by atoms with Crippen molar-refractivity contribution in [2.75, 3.05) is 26.3 Å². The molecule has 6 atom stereocenters. The van der Waals surface area contributed by atoms with Crippen LogP contribution in [0, 0.1) is 0 Å². The Bertz CT molecular complexity index is 1340. The number of carbonyl (C=O) groups is 7. The quantitative estimate of drug-likeness (QED) is 0.0872. The van der Waals surface area contributed by atoms with E-state index in [9.17, 15) is 54.0 Å². The number of nitrogens with one attached hydrogen (secondary N) is 3. The van der Waals surface area contributed by atoms with Crippen molar-refractivity contribution >= 4 is 41.5 Å². The number of phenols is 1. The molecule has 10 N–H and O–H groups in total. The number of aliphatic carboxylic acids is 2. The van der Waals surface area contributed by atoms with E-state index in [4.69, 9.17) is 10.8 Å². The number of nitrogens with two attached hydrogens (primary N) is 1. The van der Waals surface area contributed by atoms with E-state index < -0.39 is 97.4 Å². The number of hydrogen-bond donors (Lipinski definition) is 9. The highest BCUT2D eigenvalue weighted by molar-refractivity contribution is 5.97. The number of aromatic hydroxyl groups is 1. The van der Waals surface area contributed by atoms with Crippen LogP contribution in [0.1, 0.15) is 37.7 Å². The van der Waals surface area contributed by atoms with E-state index in [1.807, 2.05) is 0 Å². The molecule has 18 heteroatoms. The molecular weight excluding hydrogens is 624 g/mol. The minimum Gasteiger partial charge on any atom is -0.508 e. The van der Waals surface area contributed by atoms with E-state index in [2.05, 4.69) is 16.0 Å². The fourth-order valence-electron chi connectivity index (χ4n) is 5.55. The van der Waals surface area contributed by atoms with Gasteiger partial charge in [0.05, 0.1) is 25.7 Å². The molecule has 258 valence electrons. The first-order chi connectivity index (χ1) is 22.3. The Morgan fingerprint density at radius 1 is 0.766 bits per heavy atom. The van der Waals surface area contributed by atoms with Gasteiger partial charge in [0.25, 0.3) is 0 Å². The van der Waals surface area contributed by atoms with Gasteiger partial charge < -0.3 is 57.0 Å². The van der Waals surface area contributed by atoms with Gasteiger partial charge in [0.2, 0.25) is 29.5 Å². The smallest absolute Gasteiger partial charge is 0.326 e. The molecule has 18 nitrogen and oxygen atoms in total. The van der Waals surface area contributed by atoms with Crippen LogP contribution in [-0.4, -0.2) is 139 Å². The first kappa shape index (κ1) is 36.7. The number of benzene rings is 1. The van der Waals surface area contributed by atoms with Crippen molar-refractivity contribution in [1.82, 2.24) is 25.8 Å². The van der Waals surface area contributed by atoms with Gasteiger partial charge in [0.15, 0.2) is 0 Å². The molecule has 2 aliphatic rings. The van der Waals surface area contributed by atoms with Crippen LogP contribution in [0.2, 0.25) is 0 Å². The number of hydrogen-bond acceptors (Lipinski definition) is 11. The van der Waals surface area contributed by atoms with Gasteiger partial charge in [-0.15, -0.1) is 0 Å². The maximum atomic E-state index is 13.4. The zero-order valence-electron chi connectivity index (χ0n) is 25.4. The van der Waals surface area contributed by atoms with Gasteiger partial charge in [-0.2, -0.15) is 0 Å². The van der Waals surface area contributed by atoms with Gasteiger partial charge in [-0.05, 0) is 43.4 Å². The van der Waals surface area contributed by atoms with Crippen molar-refractivity contribution in [3.05, 3.63) is 29.8 Å². The number of carboxylic acid groups (broad SMARTS) is 2. The predicted molar refractivity (Wildman–Crippen MR) is 159 cm³/mol. The van der Waals surface area contributed by atoms with Crippen molar-refractivity contribution in [1.29, 1.82) is 0 Å². The lowest BCUT2D eigenvalue weighted by Crippen LogP contribution is -2.60. The van der Waals surface area contributed by atoms with Crippen LogP contribution >= 0.6 is 0 Å². The van der Waals surface area contributed by atoms with E-state index in [-0.39, 0.29) is 38.1 Å². The topological polar surface area (TPSA) is 289 Å². The molecule has 47 heavy (non-hydrogen) atoms. The Balaban J connectivity index is 1.75. The lowest BCUT2D eigenvalue weighted by molar-refractivity contribution is -0.150. The third kappa shape index (κ3) is 9.60. The summed E-state index contributed by atoms with van der Waals surface area (Å²) in [6.07, 6.45) is 0.317. The summed E-state index contributed by atoms with van der Waals surface area (Å²) in [5, 5.41) is 55.0. The highest BCUT2D eigenvalue weighted by atomic mass is 16.4. The summed E-state index contributed by atoms with van der Waals surface area (Å²) in [4.78, 5) is 90.3. The van der Waals surface area contributed by atoms with Crippen molar-refractivity contribution in [2.45, 2.75) is 74.8 Å². The highest BCUT2D eigenvalue weighted by Crippen LogP contribution is 2.20. The van der Waals surface area contributed by atoms with Crippen LogP contribution in [-0.2, 0) is 40.0 Å². The van der Waals surface area contributed by atoms with Crippen LogP contribution in [0.4, 0.5) is 0 Å². The zero-order chi connectivity index (χ0) is 34.8. The van der Waals surface area contributed by atoms with Crippen LogP contribution in [0.3, 0.4) is 0 Å². The first-order valence-corrected chi connectivity index (χ1v) is 15.0. The number of amides is 5. The molecule has 5 amide bonds. The summed E-state index contributed by atoms with van der Waals surface area (Å²) >= 11 is 0. The summed E-state index contributed by atoms with van der Waals surface area (Å²) in [5.74, 6) is -7.00. The summed E-state index contributed by atoms with van der Waals surface area (Å²) in [5.41, 5.74) is 6.13. The first-order valence-electron chi connectivity index (χ1n) is 15.0. The molecule has 0 radical (unpaired) electrons. The number of aliphatic hydroxyl groups is 2. The fourth-order valence-corrected chi connectivity index (χ4v) is 5.55. The van der Waals surface area contributed by atoms with E-state index in [0.29, 0.717) is 18.4 Å². The van der Waals surface area contributed by atoms with Crippen molar-refractivity contribution in [3.63, 3.8) is 0 Å². The molecule has 0 bridgehead atoms. The van der Waals surface area contributed by atoms with E-state index in [0.717, 1.165) is 9.80 Å². The van der Waals surface area contributed by atoms with Crippen LogP contribution < -0.4 is 21.7 Å². The molecule has 2 fully saturated rings. The van der Waals surface area contributed by atoms with Gasteiger partial charge in [-0.1, -0.05) is 12.1 Å². The molecule has 2 saturated heterocycles. The summed E-state index contributed by atoms with van der Waals surface area (Å²) < 4.78 is 0. The molecular formula is C29H40N6O12. The Morgan fingerprint density at radius 3 is 1.85 bits per heavy atom. The van der Waals surface area contributed by atoms with Gasteiger partial charge in [0.1, 0.15) is 36.0 Å². The average Bonchev–Trinajstić information content (AvgIpc) is 3.73. The molecule has 0 aromatic heterocycles. The van der Waals surface area contributed by atoms with Gasteiger partial charge in [-0.25, -0.2) is 4.79 Å². The number of carboxylic acids is 2. The van der Waals surface area contributed by atoms with Crippen molar-refractivity contribution in [3.8, 4) is 5.75 Å². The van der Waals surface area contributed by atoms with Crippen molar-refractivity contribution in [2.24, 2.45) is 5.73 Å². The third-order valence-corrected chi connectivity index (χ3v) is 7.99. The molecule has 3 rings (SSSR count). The predicted octanol–water partition coefficient (Wildman–Crippen LogP) is -3.76. The Kier molecular flexibility index (Phi) is 13.0. The van der Waals surface area contributed by atoms with E-state index in [1.165, 1.54) is 24.3 Å². The summed E-state index contributed by atoms with van der Waals surface area (Å²) in [6, 6.07) is -2.65. The number of likely N-dealkylation sites (tertiary alicyclic amines) is 2. The van der Waals surface area contributed by atoms with Crippen LogP contribution in [0.25, 0.3) is 0 Å². The second-order valence-electron chi connectivity index (χ2n) is 11.3. The normalized spacial score (nSPS) is 20.1. The molecule has 1 aromatic rings. The van der Waals surface area contributed by atoms with E-state index in [1.54, 1.807) is 0 Å². The lowest BCUT2D eigenvalue weighted by Gasteiger charge is -2.29. The van der Waals surface area contributed by atoms with Gasteiger partial charge in [-0.3, -0.25) is 28.8 Å². The van der Waals surface area contributed by atoms with Crippen LogP contribution in [0.5, 0.6) is 5.75 Å². The van der Waals surface area contributed by atoms with Gasteiger partial charge in [0, 0.05) is 19.5 Å². The zero-order valence-corrected chi connectivity index (χ0v) is 25.4. The molecule has 2 heterocycles. The number of aliphatic hydroxyl groups excluding tert-OH is 2. The molecule has 0 saturated carbocycles. The highest BCUT2D eigenvalue weighted by Gasteiger charge is 2.40. The monoisotopic (exact) mass is 664 g/mol. The third-order valence-electron chi connectivity index (χ3n) is 7.99. The average molecular weight is 665 g/mol.